The van der Waals surface area contributed by atoms with E-state index < -0.39 is 10.8 Å². The average Bonchev–Trinajstić information content (AvgIpc) is 3.13. The number of carbonyl (C=O) groups excluding carboxylic acids is 1. The molecule has 3 aromatic rings. The highest BCUT2D eigenvalue weighted by Gasteiger charge is 2.15. The number of nitro groups is 1. The quantitative estimate of drug-likeness (QED) is 0.386. The molecule has 0 saturated heterocycles. The molecule has 1 amide bonds. The molecule has 0 atom stereocenters. The summed E-state index contributed by atoms with van der Waals surface area (Å²) in [6.07, 6.45) is 1.71. The second-order valence-electron chi connectivity index (χ2n) is 4.71. The number of halogens is 1. The number of aromatic nitrogens is 1. The molecule has 2 heterocycles. The molecule has 1 aromatic carbocycles. The standard InChI is InChI=1S/C15H10ClN3O3S2/c1-2-7-18-10-4-3-9(16)8-12(10)24-15(18)17-14(20)11-5-6-13(23-11)19(21)22/h2-6,8H,1,7H2. The van der Waals surface area contributed by atoms with Gasteiger partial charge in [-0.2, -0.15) is 4.99 Å². The van der Waals surface area contributed by atoms with E-state index >= 15 is 0 Å². The first-order valence-electron chi connectivity index (χ1n) is 6.72. The third-order valence-corrected chi connectivity index (χ3v) is 5.44. The highest BCUT2D eigenvalue weighted by atomic mass is 35.5. The van der Waals surface area contributed by atoms with Gasteiger partial charge in [0.05, 0.1) is 15.1 Å². The molecule has 0 saturated carbocycles. The summed E-state index contributed by atoms with van der Waals surface area (Å²) < 4.78 is 2.75. The molecular weight excluding hydrogens is 370 g/mol. The Morgan fingerprint density at radius 3 is 2.83 bits per heavy atom. The van der Waals surface area contributed by atoms with Gasteiger partial charge in [0.2, 0.25) is 0 Å². The molecule has 2 aromatic heterocycles. The zero-order valence-electron chi connectivity index (χ0n) is 12.1. The highest BCUT2D eigenvalue weighted by molar-refractivity contribution is 7.17. The Labute approximate surface area is 149 Å². The Hall–Kier alpha value is -2.29. The minimum Gasteiger partial charge on any atom is -0.312 e. The van der Waals surface area contributed by atoms with Crippen molar-refractivity contribution in [2.75, 3.05) is 0 Å². The number of nitrogens with zero attached hydrogens (tertiary/aromatic N) is 3. The summed E-state index contributed by atoms with van der Waals surface area (Å²) in [5.74, 6) is -0.511. The van der Waals surface area contributed by atoms with Crippen molar-refractivity contribution in [1.29, 1.82) is 0 Å². The largest absolute Gasteiger partial charge is 0.324 e. The summed E-state index contributed by atoms with van der Waals surface area (Å²) in [6.45, 7) is 4.20. The van der Waals surface area contributed by atoms with Crippen LogP contribution in [0.4, 0.5) is 5.00 Å². The zero-order chi connectivity index (χ0) is 17.3. The van der Waals surface area contributed by atoms with E-state index in [1.165, 1.54) is 23.5 Å². The average molecular weight is 380 g/mol. The Morgan fingerprint density at radius 2 is 2.17 bits per heavy atom. The normalized spacial score (nSPS) is 11.8. The molecule has 0 aliphatic rings. The number of carbonyl (C=O) groups is 1. The lowest BCUT2D eigenvalue weighted by molar-refractivity contribution is -0.380. The molecule has 0 radical (unpaired) electrons. The molecule has 122 valence electrons. The molecule has 0 spiro atoms. The van der Waals surface area contributed by atoms with Crippen LogP contribution in [0.5, 0.6) is 0 Å². The van der Waals surface area contributed by atoms with Crippen LogP contribution in [-0.2, 0) is 6.54 Å². The van der Waals surface area contributed by atoms with Gasteiger partial charge in [-0.25, -0.2) is 0 Å². The molecule has 0 bridgehead atoms. The third kappa shape index (κ3) is 3.16. The maximum absolute atomic E-state index is 12.3. The van der Waals surface area contributed by atoms with E-state index in [1.807, 2.05) is 10.6 Å². The van der Waals surface area contributed by atoms with Gasteiger partial charge < -0.3 is 4.57 Å². The Morgan fingerprint density at radius 1 is 1.38 bits per heavy atom. The van der Waals surface area contributed by atoms with E-state index in [4.69, 9.17) is 11.6 Å². The van der Waals surface area contributed by atoms with Gasteiger partial charge in [0, 0.05) is 17.6 Å². The molecule has 0 aliphatic heterocycles. The van der Waals surface area contributed by atoms with Crippen LogP contribution in [0, 0.1) is 10.1 Å². The van der Waals surface area contributed by atoms with Crippen molar-refractivity contribution in [2.24, 2.45) is 4.99 Å². The zero-order valence-corrected chi connectivity index (χ0v) is 14.5. The van der Waals surface area contributed by atoms with Crippen LogP contribution in [0.15, 0.2) is 48.0 Å². The van der Waals surface area contributed by atoms with E-state index in [-0.39, 0.29) is 9.88 Å². The molecule has 0 N–H and O–H groups in total. The number of allylic oxidation sites excluding steroid dienone is 1. The minimum atomic E-state index is -0.527. The first-order valence-corrected chi connectivity index (χ1v) is 8.74. The predicted molar refractivity (Wildman–Crippen MR) is 95.9 cm³/mol. The van der Waals surface area contributed by atoms with Crippen molar-refractivity contribution in [1.82, 2.24) is 4.57 Å². The van der Waals surface area contributed by atoms with E-state index in [1.54, 1.807) is 18.2 Å². The predicted octanol–water partition coefficient (Wildman–Crippen LogP) is 4.25. The fourth-order valence-electron chi connectivity index (χ4n) is 2.12. The van der Waals surface area contributed by atoms with E-state index in [9.17, 15) is 14.9 Å². The smallest absolute Gasteiger partial charge is 0.312 e. The molecule has 3 rings (SSSR count). The maximum atomic E-state index is 12.3. The summed E-state index contributed by atoms with van der Waals surface area (Å²) in [5, 5.41) is 11.2. The van der Waals surface area contributed by atoms with Crippen LogP contribution in [-0.4, -0.2) is 15.4 Å². The Balaban J connectivity index is 2.10. The lowest BCUT2D eigenvalue weighted by Crippen LogP contribution is -2.15. The molecule has 0 unspecified atom stereocenters. The van der Waals surface area contributed by atoms with Crippen LogP contribution < -0.4 is 4.80 Å². The van der Waals surface area contributed by atoms with E-state index in [2.05, 4.69) is 11.6 Å². The summed E-state index contributed by atoms with van der Waals surface area (Å²) in [6, 6.07) is 8.15. The third-order valence-electron chi connectivity index (χ3n) is 3.14. The van der Waals surface area contributed by atoms with Gasteiger partial charge in [-0.05, 0) is 24.3 Å². The van der Waals surface area contributed by atoms with Crippen LogP contribution in [0.25, 0.3) is 10.2 Å². The second kappa shape index (κ2) is 6.68. The number of rotatable bonds is 4. The first-order chi connectivity index (χ1) is 11.5. The Bertz CT molecular complexity index is 1030. The fraction of sp³-hybridized carbons (Fsp3) is 0.0667. The van der Waals surface area contributed by atoms with Gasteiger partial charge >= 0.3 is 5.00 Å². The SMILES string of the molecule is C=CCn1c(=NC(=O)c2ccc([N+](=O)[O-])s2)sc2cc(Cl)ccc21. The number of amides is 1. The first kappa shape index (κ1) is 16.6. The monoisotopic (exact) mass is 379 g/mol. The summed E-state index contributed by atoms with van der Waals surface area (Å²) in [4.78, 5) is 27.4. The van der Waals surface area contributed by atoms with E-state index in [0.29, 0.717) is 16.4 Å². The lowest BCUT2D eigenvalue weighted by atomic mass is 10.3. The van der Waals surface area contributed by atoms with Crippen LogP contribution in [0.2, 0.25) is 5.02 Å². The molecule has 24 heavy (non-hydrogen) atoms. The van der Waals surface area contributed by atoms with Gasteiger partial charge in [0.25, 0.3) is 5.91 Å². The number of hydrogen-bond donors (Lipinski definition) is 0. The van der Waals surface area contributed by atoms with Gasteiger partial charge in [-0.3, -0.25) is 14.9 Å². The van der Waals surface area contributed by atoms with Crippen molar-refractivity contribution >= 4 is 55.4 Å². The van der Waals surface area contributed by atoms with E-state index in [0.717, 1.165) is 21.6 Å². The van der Waals surface area contributed by atoms with Crippen molar-refractivity contribution in [3.8, 4) is 0 Å². The number of thiazole rings is 1. The molecule has 6 nitrogen and oxygen atoms in total. The molecule has 0 fully saturated rings. The van der Waals surface area contributed by atoms with Crippen LogP contribution in [0.3, 0.4) is 0 Å². The topological polar surface area (TPSA) is 77.5 Å². The number of fused-ring (bicyclic) bond motifs is 1. The van der Waals surface area contributed by atoms with Crippen molar-refractivity contribution in [3.05, 3.63) is 67.8 Å². The van der Waals surface area contributed by atoms with Gasteiger partial charge in [0.1, 0.15) is 4.88 Å². The number of hydrogen-bond acceptors (Lipinski definition) is 5. The maximum Gasteiger partial charge on any atom is 0.324 e. The van der Waals surface area contributed by atoms with Crippen LogP contribution in [0.1, 0.15) is 9.67 Å². The molecule has 9 heteroatoms. The minimum absolute atomic E-state index is 0.0874. The van der Waals surface area contributed by atoms with Gasteiger partial charge in [-0.15, -0.1) is 6.58 Å². The van der Waals surface area contributed by atoms with Gasteiger partial charge in [-0.1, -0.05) is 40.4 Å². The summed E-state index contributed by atoms with van der Waals surface area (Å²) in [7, 11) is 0. The van der Waals surface area contributed by atoms with Crippen LogP contribution >= 0.6 is 34.3 Å². The van der Waals surface area contributed by atoms with Gasteiger partial charge in [0.15, 0.2) is 4.80 Å². The Kier molecular flexibility index (Phi) is 4.61. The fourth-order valence-corrected chi connectivity index (χ4v) is 4.14. The second-order valence-corrected chi connectivity index (χ2v) is 7.22. The molecular formula is C15H10ClN3O3S2. The summed E-state index contributed by atoms with van der Waals surface area (Å²) >= 11 is 8.15. The highest BCUT2D eigenvalue weighted by Crippen LogP contribution is 2.25. The van der Waals surface area contributed by atoms with Crippen molar-refractivity contribution in [3.63, 3.8) is 0 Å². The van der Waals surface area contributed by atoms with Crippen molar-refractivity contribution in [2.45, 2.75) is 6.54 Å². The number of thiophene rings is 1. The number of benzene rings is 1. The van der Waals surface area contributed by atoms with Crippen molar-refractivity contribution < 1.29 is 9.72 Å². The summed E-state index contributed by atoms with van der Waals surface area (Å²) in [5.41, 5.74) is 0.896. The lowest BCUT2D eigenvalue weighted by Gasteiger charge is -2.00. The molecule has 0 aliphatic carbocycles.